The minimum absolute atomic E-state index is 0.00470. The molecule has 0 amide bonds. The average molecular weight is 223 g/mol. The van der Waals surface area contributed by atoms with Gasteiger partial charge in [0.25, 0.3) is 0 Å². The highest BCUT2D eigenvalue weighted by atomic mass is 32.1. The van der Waals surface area contributed by atoms with Crippen molar-refractivity contribution in [1.29, 1.82) is 0 Å². The number of benzene rings is 1. The first-order chi connectivity index (χ1) is 6.93. The van der Waals surface area contributed by atoms with E-state index in [9.17, 15) is 0 Å². The van der Waals surface area contributed by atoms with E-state index >= 15 is 0 Å². The summed E-state index contributed by atoms with van der Waals surface area (Å²) in [5.74, 6) is 0.849. The van der Waals surface area contributed by atoms with Gasteiger partial charge in [-0.1, -0.05) is 33.0 Å². The molecule has 0 aliphatic heterocycles. The lowest BCUT2D eigenvalue weighted by Gasteiger charge is -2.21. The summed E-state index contributed by atoms with van der Waals surface area (Å²) in [7, 11) is 1.65. The maximum absolute atomic E-state index is 5.29. The Morgan fingerprint density at radius 3 is 2.13 bits per heavy atom. The van der Waals surface area contributed by atoms with Gasteiger partial charge < -0.3 is 10.1 Å². The van der Waals surface area contributed by atoms with Crippen molar-refractivity contribution in [3.63, 3.8) is 0 Å². The van der Waals surface area contributed by atoms with Crippen molar-refractivity contribution >= 4 is 22.9 Å². The van der Waals surface area contributed by atoms with Crippen molar-refractivity contribution in [3.05, 3.63) is 24.3 Å². The van der Waals surface area contributed by atoms with Gasteiger partial charge in [-0.15, -0.1) is 0 Å². The van der Waals surface area contributed by atoms with Crippen LogP contribution in [0, 0.1) is 5.41 Å². The predicted octanol–water partition coefficient (Wildman–Crippen LogP) is 3.48. The molecular formula is C12H17NOS. The van der Waals surface area contributed by atoms with Crippen molar-refractivity contribution in [2.24, 2.45) is 5.41 Å². The molecule has 2 nitrogen and oxygen atoms in total. The third kappa shape index (κ3) is 3.51. The van der Waals surface area contributed by atoms with Crippen molar-refractivity contribution in [3.8, 4) is 5.75 Å². The topological polar surface area (TPSA) is 21.3 Å². The lowest BCUT2D eigenvalue weighted by atomic mass is 9.96. The summed E-state index contributed by atoms with van der Waals surface area (Å²) in [5, 5.41) is 3.21. The van der Waals surface area contributed by atoms with Crippen LogP contribution in [-0.2, 0) is 0 Å². The van der Waals surface area contributed by atoms with Gasteiger partial charge in [0, 0.05) is 11.1 Å². The molecule has 0 spiro atoms. The first kappa shape index (κ1) is 12.0. The standard InChI is InChI=1S/C12H17NOS/c1-12(2,3)11(15)13-9-5-7-10(14-4)8-6-9/h5-8H,1-4H3,(H,13,15). The molecule has 1 N–H and O–H groups in total. The molecule has 0 heterocycles. The van der Waals surface area contributed by atoms with Crippen molar-refractivity contribution in [2.75, 3.05) is 12.4 Å². The fourth-order valence-electron chi connectivity index (χ4n) is 0.993. The molecule has 0 aliphatic carbocycles. The van der Waals surface area contributed by atoms with E-state index in [2.05, 4.69) is 26.1 Å². The number of anilines is 1. The molecule has 3 heteroatoms. The van der Waals surface area contributed by atoms with E-state index in [1.54, 1.807) is 7.11 Å². The summed E-state index contributed by atoms with van der Waals surface area (Å²) in [6.45, 7) is 6.27. The molecular weight excluding hydrogens is 206 g/mol. The van der Waals surface area contributed by atoms with Crippen LogP contribution in [-0.4, -0.2) is 12.1 Å². The Bertz CT molecular complexity index is 338. The largest absolute Gasteiger partial charge is 0.497 e. The Kier molecular flexibility index (Phi) is 3.69. The zero-order chi connectivity index (χ0) is 11.5. The number of nitrogens with one attached hydrogen (secondary N) is 1. The summed E-state index contributed by atoms with van der Waals surface area (Å²) in [6.07, 6.45) is 0. The lowest BCUT2D eigenvalue weighted by molar-refractivity contribution is 0.415. The van der Waals surface area contributed by atoms with E-state index in [1.807, 2.05) is 24.3 Å². The molecule has 82 valence electrons. The Hall–Kier alpha value is -1.09. The van der Waals surface area contributed by atoms with E-state index < -0.39 is 0 Å². The van der Waals surface area contributed by atoms with Gasteiger partial charge in [-0.2, -0.15) is 0 Å². The molecule has 0 saturated heterocycles. The van der Waals surface area contributed by atoms with E-state index in [0.29, 0.717) is 0 Å². The van der Waals surface area contributed by atoms with Crippen LogP contribution in [0.1, 0.15) is 20.8 Å². The highest BCUT2D eigenvalue weighted by molar-refractivity contribution is 7.80. The SMILES string of the molecule is COc1ccc(NC(=S)C(C)(C)C)cc1. The third-order valence-corrected chi connectivity index (χ3v) is 2.74. The Morgan fingerprint density at radius 1 is 1.20 bits per heavy atom. The van der Waals surface area contributed by atoms with Gasteiger partial charge in [-0.3, -0.25) is 0 Å². The predicted molar refractivity (Wildman–Crippen MR) is 68.7 cm³/mol. The number of thiocarbonyl (C=S) groups is 1. The fraction of sp³-hybridized carbons (Fsp3) is 0.417. The summed E-state index contributed by atoms with van der Waals surface area (Å²) in [4.78, 5) is 0.840. The molecule has 0 aromatic heterocycles. The van der Waals surface area contributed by atoms with Crippen LogP contribution in [0.4, 0.5) is 5.69 Å². The molecule has 0 saturated carbocycles. The smallest absolute Gasteiger partial charge is 0.119 e. The van der Waals surface area contributed by atoms with Crippen LogP contribution in [0.15, 0.2) is 24.3 Å². The van der Waals surface area contributed by atoms with Crippen LogP contribution < -0.4 is 10.1 Å². The van der Waals surface area contributed by atoms with Crippen molar-refractivity contribution < 1.29 is 4.74 Å². The van der Waals surface area contributed by atoms with Gasteiger partial charge in [0.05, 0.1) is 12.1 Å². The van der Waals surface area contributed by atoms with Crippen LogP contribution in [0.3, 0.4) is 0 Å². The van der Waals surface area contributed by atoms with Crippen molar-refractivity contribution in [1.82, 2.24) is 0 Å². The van der Waals surface area contributed by atoms with Crippen LogP contribution in [0.5, 0.6) is 5.75 Å². The normalized spacial score (nSPS) is 10.9. The maximum atomic E-state index is 5.29. The molecule has 1 aromatic rings. The second-order valence-corrected chi connectivity index (χ2v) is 4.84. The molecule has 0 fully saturated rings. The first-order valence-electron chi connectivity index (χ1n) is 4.89. The lowest BCUT2D eigenvalue weighted by Crippen LogP contribution is -2.25. The molecule has 1 rings (SSSR count). The zero-order valence-electron chi connectivity index (χ0n) is 9.63. The highest BCUT2D eigenvalue weighted by Gasteiger charge is 2.16. The Morgan fingerprint density at radius 2 is 1.73 bits per heavy atom. The van der Waals surface area contributed by atoms with Crippen LogP contribution in [0.2, 0.25) is 0 Å². The fourth-order valence-corrected chi connectivity index (χ4v) is 1.11. The summed E-state index contributed by atoms with van der Waals surface area (Å²) >= 11 is 5.29. The number of hydrogen-bond acceptors (Lipinski definition) is 2. The first-order valence-corrected chi connectivity index (χ1v) is 5.30. The molecule has 0 radical (unpaired) electrons. The zero-order valence-corrected chi connectivity index (χ0v) is 10.4. The number of rotatable bonds is 2. The van der Waals surface area contributed by atoms with E-state index in [1.165, 1.54) is 0 Å². The van der Waals surface area contributed by atoms with Gasteiger partial charge in [0.1, 0.15) is 5.75 Å². The van der Waals surface area contributed by atoms with Gasteiger partial charge in [0.15, 0.2) is 0 Å². The van der Waals surface area contributed by atoms with Gasteiger partial charge >= 0.3 is 0 Å². The van der Waals surface area contributed by atoms with E-state index in [0.717, 1.165) is 16.4 Å². The Balaban J connectivity index is 2.70. The second kappa shape index (κ2) is 4.62. The molecule has 0 atom stereocenters. The third-order valence-electron chi connectivity index (χ3n) is 2.03. The van der Waals surface area contributed by atoms with Crippen LogP contribution >= 0.6 is 12.2 Å². The molecule has 0 aliphatic rings. The number of ether oxygens (including phenoxy) is 1. The number of hydrogen-bond donors (Lipinski definition) is 1. The van der Waals surface area contributed by atoms with Crippen LogP contribution in [0.25, 0.3) is 0 Å². The molecule has 1 aromatic carbocycles. The van der Waals surface area contributed by atoms with Crippen molar-refractivity contribution in [2.45, 2.75) is 20.8 Å². The van der Waals surface area contributed by atoms with Gasteiger partial charge in [0.2, 0.25) is 0 Å². The Labute approximate surface area is 96.6 Å². The summed E-state index contributed by atoms with van der Waals surface area (Å²) < 4.78 is 5.08. The van der Waals surface area contributed by atoms with E-state index in [4.69, 9.17) is 17.0 Å². The molecule has 0 bridgehead atoms. The maximum Gasteiger partial charge on any atom is 0.119 e. The van der Waals surface area contributed by atoms with Gasteiger partial charge in [-0.25, -0.2) is 0 Å². The molecule has 0 unspecified atom stereocenters. The minimum atomic E-state index is -0.00470. The monoisotopic (exact) mass is 223 g/mol. The number of methoxy groups -OCH3 is 1. The highest BCUT2D eigenvalue weighted by Crippen LogP contribution is 2.20. The quantitative estimate of drug-likeness (QED) is 0.776. The second-order valence-electron chi connectivity index (χ2n) is 4.43. The van der Waals surface area contributed by atoms with Gasteiger partial charge in [-0.05, 0) is 24.3 Å². The average Bonchev–Trinajstić information content (AvgIpc) is 2.17. The summed E-state index contributed by atoms with van der Waals surface area (Å²) in [6, 6.07) is 7.73. The summed E-state index contributed by atoms with van der Waals surface area (Å²) in [5.41, 5.74) is 0.991. The minimum Gasteiger partial charge on any atom is -0.497 e. The van der Waals surface area contributed by atoms with E-state index in [-0.39, 0.29) is 5.41 Å². The molecule has 15 heavy (non-hydrogen) atoms.